The van der Waals surface area contributed by atoms with Crippen LogP contribution < -0.4 is 10.9 Å². The number of anilines is 1. The summed E-state index contributed by atoms with van der Waals surface area (Å²) in [6, 6.07) is 0. The van der Waals surface area contributed by atoms with Crippen LogP contribution in [-0.2, 0) is 6.54 Å². The molecule has 0 unspecified atom stereocenters. The molecule has 0 amide bonds. The molecule has 1 aliphatic carbocycles. The summed E-state index contributed by atoms with van der Waals surface area (Å²) >= 11 is 0. The molecule has 1 saturated carbocycles. The Morgan fingerprint density at radius 1 is 1.47 bits per heavy atom. The minimum Gasteiger partial charge on any atom is -0.365 e. The van der Waals surface area contributed by atoms with Crippen LogP contribution in [-0.4, -0.2) is 16.1 Å². The molecule has 0 saturated heterocycles. The summed E-state index contributed by atoms with van der Waals surface area (Å²) in [7, 11) is 0. The summed E-state index contributed by atoms with van der Waals surface area (Å²) in [5.74, 6) is 1.23. The van der Waals surface area contributed by atoms with E-state index in [1.807, 2.05) is 0 Å². The highest BCUT2D eigenvalue weighted by molar-refractivity contribution is 5.30. The van der Waals surface area contributed by atoms with Gasteiger partial charge in [0.1, 0.15) is 0 Å². The summed E-state index contributed by atoms with van der Waals surface area (Å²) in [6.07, 6.45) is 9.64. The van der Waals surface area contributed by atoms with Gasteiger partial charge >= 0.3 is 0 Å². The van der Waals surface area contributed by atoms with Crippen LogP contribution in [0, 0.1) is 5.92 Å². The lowest BCUT2D eigenvalue weighted by molar-refractivity contribution is 0.576. The smallest absolute Gasteiger partial charge is 0.293 e. The second kappa shape index (κ2) is 5.84. The number of aromatic nitrogens is 2. The van der Waals surface area contributed by atoms with Crippen molar-refractivity contribution < 1.29 is 0 Å². The molecular formula is C13H21N3O. The highest BCUT2D eigenvalue weighted by Gasteiger charge is 2.15. The summed E-state index contributed by atoms with van der Waals surface area (Å²) in [6.45, 7) is 3.72. The van der Waals surface area contributed by atoms with Gasteiger partial charge in [-0.25, -0.2) is 4.98 Å². The summed E-state index contributed by atoms with van der Waals surface area (Å²) in [5.41, 5.74) is 0.00680. The first kappa shape index (κ1) is 12.1. The van der Waals surface area contributed by atoms with Crippen molar-refractivity contribution in [2.24, 2.45) is 5.92 Å². The van der Waals surface area contributed by atoms with E-state index in [4.69, 9.17) is 0 Å². The zero-order chi connectivity index (χ0) is 12.1. The Kier molecular flexibility index (Phi) is 4.18. The van der Waals surface area contributed by atoms with Gasteiger partial charge < -0.3 is 9.88 Å². The van der Waals surface area contributed by atoms with Crippen LogP contribution in [0.25, 0.3) is 0 Å². The maximum atomic E-state index is 12.0. The molecule has 1 N–H and O–H groups in total. The second-order valence-corrected chi connectivity index (χ2v) is 4.81. The molecule has 0 atom stereocenters. The molecule has 17 heavy (non-hydrogen) atoms. The summed E-state index contributed by atoms with van der Waals surface area (Å²) in [4.78, 5) is 16.1. The van der Waals surface area contributed by atoms with Gasteiger partial charge in [-0.1, -0.05) is 19.8 Å². The Hall–Kier alpha value is -1.32. The Bertz CT molecular complexity index is 407. The average Bonchev–Trinajstić information content (AvgIpc) is 2.83. The minimum absolute atomic E-state index is 0.00680. The van der Waals surface area contributed by atoms with E-state index in [9.17, 15) is 4.79 Å². The number of hydrogen-bond acceptors (Lipinski definition) is 3. The van der Waals surface area contributed by atoms with Crippen LogP contribution in [0.2, 0.25) is 0 Å². The van der Waals surface area contributed by atoms with E-state index in [1.165, 1.54) is 25.7 Å². The number of hydrogen-bond donors (Lipinski definition) is 1. The van der Waals surface area contributed by atoms with Gasteiger partial charge in [0.2, 0.25) is 0 Å². The van der Waals surface area contributed by atoms with Gasteiger partial charge in [0, 0.05) is 25.5 Å². The SMILES string of the molecule is CCCn1ccnc(NCC2CCCC2)c1=O. The fourth-order valence-electron chi connectivity index (χ4n) is 2.44. The first-order valence-electron chi connectivity index (χ1n) is 6.60. The van der Waals surface area contributed by atoms with Crippen molar-refractivity contribution in [2.75, 3.05) is 11.9 Å². The molecule has 2 rings (SSSR count). The van der Waals surface area contributed by atoms with Crippen LogP contribution in [0.1, 0.15) is 39.0 Å². The molecule has 0 aromatic carbocycles. The normalized spacial score (nSPS) is 16.3. The molecule has 0 spiro atoms. The standard InChI is InChI=1S/C13H21N3O/c1-2-8-16-9-7-14-12(13(16)17)15-10-11-5-3-4-6-11/h7,9,11H,2-6,8,10H2,1H3,(H,14,15). The van der Waals surface area contributed by atoms with Gasteiger partial charge in [-0.15, -0.1) is 0 Å². The molecular weight excluding hydrogens is 214 g/mol. The van der Waals surface area contributed by atoms with Crippen LogP contribution >= 0.6 is 0 Å². The van der Waals surface area contributed by atoms with Gasteiger partial charge in [-0.05, 0) is 25.2 Å². The Morgan fingerprint density at radius 3 is 2.94 bits per heavy atom. The molecule has 1 aromatic heterocycles. The quantitative estimate of drug-likeness (QED) is 0.851. The molecule has 94 valence electrons. The van der Waals surface area contributed by atoms with Crippen LogP contribution in [0.15, 0.2) is 17.2 Å². The van der Waals surface area contributed by atoms with Crippen molar-refractivity contribution in [2.45, 2.75) is 45.6 Å². The highest BCUT2D eigenvalue weighted by atomic mass is 16.1. The second-order valence-electron chi connectivity index (χ2n) is 4.81. The molecule has 4 heteroatoms. The van der Waals surface area contributed by atoms with E-state index in [0.717, 1.165) is 25.4 Å². The van der Waals surface area contributed by atoms with Crippen molar-refractivity contribution in [1.29, 1.82) is 0 Å². The number of nitrogens with zero attached hydrogens (tertiary/aromatic N) is 2. The van der Waals surface area contributed by atoms with Crippen LogP contribution in [0.3, 0.4) is 0 Å². The van der Waals surface area contributed by atoms with E-state index in [2.05, 4.69) is 17.2 Å². The third-order valence-electron chi connectivity index (χ3n) is 3.41. The Labute approximate surface area is 102 Å². The van der Waals surface area contributed by atoms with E-state index in [0.29, 0.717) is 5.82 Å². The van der Waals surface area contributed by atoms with Crippen molar-refractivity contribution in [3.63, 3.8) is 0 Å². The predicted octanol–water partition coefficient (Wildman–Crippen LogP) is 2.26. The van der Waals surface area contributed by atoms with Gasteiger partial charge in [-0.3, -0.25) is 4.79 Å². The monoisotopic (exact) mass is 235 g/mol. The first-order valence-corrected chi connectivity index (χ1v) is 6.60. The zero-order valence-corrected chi connectivity index (χ0v) is 10.5. The predicted molar refractivity (Wildman–Crippen MR) is 69.2 cm³/mol. The Morgan fingerprint density at radius 2 is 2.24 bits per heavy atom. The van der Waals surface area contributed by atoms with Crippen LogP contribution in [0.5, 0.6) is 0 Å². The minimum atomic E-state index is 0.00680. The lowest BCUT2D eigenvalue weighted by Gasteiger charge is -2.11. The molecule has 1 aliphatic rings. The van der Waals surface area contributed by atoms with Gasteiger partial charge in [0.25, 0.3) is 5.56 Å². The fraction of sp³-hybridized carbons (Fsp3) is 0.692. The highest BCUT2D eigenvalue weighted by Crippen LogP contribution is 2.24. The molecule has 0 bridgehead atoms. The van der Waals surface area contributed by atoms with Crippen molar-refractivity contribution in [3.05, 3.63) is 22.7 Å². The summed E-state index contributed by atoms with van der Waals surface area (Å²) < 4.78 is 1.73. The topological polar surface area (TPSA) is 46.9 Å². The zero-order valence-electron chi connectivity index (χ0n) is 10.5. The molecule has 0 radical (unpaired) electrons. The average molecular weight is 235 g/mol. The third-order valence-corrected chi connectivity index (χ3v) is 3.41. The van der Waals surface area contributed by atoms with E-state index >= 15 is 0 Å². The third kappa shape index (κ3) is 3.08. The van der Waals surface area contributed by atoms with E-state index < -0.39 is 0 Å². The number of rotatable bonds is 5. The summed E-state index contributed by atoms with van der Waals surface area (Å²) in [5, 5.41) is 3.21. The molecule has 4 nitrogen and oxygen atoms in total. The maximum absolute atomic E-state index is 12.0. The number of aryl methyl sites for hydroxylation is 1. The van der Waals surface area contributed by atoms with Gasteiger partial charge in [-0.2, -0.15) is 0 Å². The lowest BCUT2D eigenvalue weighted by Crippen LogP contribution is -2.26. The first-order chi connectivity index (χ1) is 8.31. The van der Waals surface area contributed by atoms with E-state index in [-0.39, 0.29) is 5.56 Å². The van der Waals surface area contributed by atoms with Crippen molar-refractivity contribution >= 4 is 5.82 Å². The fourth-order valence-corrected chi connectivity index (χ4v) is 2.44. The largest absolute Gasteiger partial charge is 0.365 e. The van der Waals surface area contributed by atoms with Crippen molar-refractivity contribution in [1.82, 2.24) is 9.55 Å². The maximum Gasteiger partial charge on any atom is 0.293 e. The lowest BCUT2D eigenvalue weighted by atomic mass is 10.1. The van der Waals surface area contributed by atoms with Gasteiger partial charge in [0.05, 0.1) is 0 Å². The molecule has 1 heterocycles. The van der Waals surface area contributed by atoms with Gasteiger partial charge in [0.15, 0.2) is 5.82 Å². The molecule has 1 fully saturated rings. The Balaban J connectivity index is 1.99. The van der Waals surface area contributed by atoms with E-state index in [1.54, 1.807) is 17.0 Å². The molecule has 1 aromatic rings. The van der Waals surface area contributed by atoms with Crippen LogP contribution in [0.4, 0.5) is 5.82 Å². The number of nitrogens with one attached hydrogen (secondary N) is 1. The van der Waals surface area contributed by atoms with Crippen molar-refractivity contribution in [3.8, 4) is 0 Å². The molecule has 0 aliphatic heterocycles.